The monoisotopic (exact) mass is 254 g/mol. The van der Waals surface area contributed by atoms with E-state index in [0.29, 0.717) is 12.0 Å². The van der Waals surface area contributed by atoms with E-state index in [9.17, 15) is 0 Å². The van der Waals surface area contributed by atoms with Crippen molar-refractivity contribution in [2.75, 3.05) is 33.3 Å². The Bertz CT molecular complexity index is 239. The number of hydrogen-bond acceptors (Lipinski definition) is 3. The smallest absolute Gasteiger partial charge is 0.0612 e. The molecule has 3 nitrogen and oxygen atoms in total. The van der Waals surface area contributed by atoms with Crippen LogP contribution in [0.5, 0.6) is 0 Å². The van der Waals surface area contributed by atoms with E-state index in [1.165, 1.54) is 45.3 Å². The lowest BCUT2D eigenvalue weighted by Crippen LogP contribution is -2.44. The Morgan fingerprint density at radius 1 is 1.22 bits per heavy atom. The molecule has 1 N–H and O–H groups in total. The van der Waals surface area contributed by atoms with Gasteiger partial charge in [-0.25, -0.2) is 0 Å². The van der Waals surface area contributed by atoms with Crippen LogP contribution < -0.4 is 5.32 Å². The standard InChI is InChI=1S/C15H30N2O/c1-12(2)15-10-14(6-9-18-15)17(3)11-13-4-7-16-8-5-13/h12-16H,4-11H2,1-3H3. The molecule has 2 heterocycles. The molecule has 0 aromatic rings. The molecule has 2 aliphatic rings. The maximum Gasteiger partial charge on any atom is 0.0612 e. The Morgan fingerprint density at radius 2 is 1.94 bits per heavy atom. The van der Waals surface area contributed by atoms with Crippen LogP contribution in [0.2, 0.25) is 0 Å². The molecule has 0 bridgehead atoms. The van der Waals surface area contributed by atoms with E-state index in [0.717, 1.165) is 18.6 Å². The van der Waals surface area contributed by atoms with Crippen molar-refractivity contribution in [3.05, 3.63) is 0 Å². The van der Waals surface area contributed by atoms with Gasteiger partial charge in [-0.05, 0) is 57.7 Å². The van der Waals surface area contributed by atoms with E-state index in [4.69, 9.17) is 4.74 Å². The zero-order valence-electron chi connectivity index (χ0n) is 12.3. The molecule has 106 valence electrons. The zero-order chi connectivity index (χ0) is 13.0. The summed E-state index contributed by atoms with van der Waals surface area (Å²) in [6, 6.07) is 0.737. The van der Waals surface area contributed by atoms with Crippen LogP contribution in [-0.2, 0) is 4.74 Å². The van der Waals surface area contributed by atoms with E-state index in [1.807, 2.05) is 0 Å². The summed E-state index contributed by atoms with van der Waals surface area (Å²) in [5, 5.41) is 3.45. The average Bonchev–Trinajstić information content (AvgIpc) is 2.40. The third-order valence-corrected chi connectivity index (χ3v) is 4.66. The highest BCUT2D eigenvalue weighted by molar-refractivity contribution is 4.81. The fourth-order valence-electron chi connectivity index (χ4n) is 3.30. The topological polar surface area (TPSA) is 24.5 Å². The quantitative estimate of drug-likeness (QED) is 0.832. The van der Waals surface area contributed by atoms with Crippen LogP contribution in [0.1, 0.15) is 39.5 Å². The van der Waals surface area contributed by atoms with Crippen molar-refractivity contribution in [1.82, 2.24) is 10.2 Å². The van der Waals surface area contributed by atoms with Crippen LogP contribution in [-0.4, -0.2) is 50.3 Å². The molecule has 0 spiro atoms. The molecule has 2 aliphatic heterocycles. The Balaban J connectivity index is 1.78. The number of nitrogens with zero attached hydrogens (tertiary/aromatic N) is 1. The second kappa shape index (κ2) is 6.88. The van der Waals surface area contributed by atoms with Crippen LogP contribution in [0.15, 0.2) is 0 Å². The molecule has 0 aliphatic carbocycles. The normalized spacial score (nSPS) is 31.2. The molecular formula is C15H30N2O. The number of piperidine rings is 1. The maximum absolute atomic E-state index is 5.87. The second-order valence-corrected chi connectivity index (χ2v) is 6.46. The van der Waals surface area contributed by atoms with Gasteiger partial charge < -0.3 is 15.0 Å². The van der Waals surface area contributed by atoms with Gasteiger partial charge in [-0.15, -0.1) is 0 Å². The summed E-state index contributed by atoms with van der Waals surface area (Å²) < 4.78 is 5.87. The molecule has 0 aromatic heterocycles. The van der Waals surface area contributed by atoms with Gasteiger partial charge in [0.1, 0.15) is 0 Å². The largest absolute Gasteiger partial charge is 0.378 e. The van der Waals surface area contributed by atoms with Crippen LogP contribution in [0.25, 0.3) is 0 Å². The number of ether oxygens (including phenoxy) is 1. The van der Waals surface area contributed by atoms with Gasteiger partial charge in [0.15, 0.2) is 0 Å². The van der Waals surface area contributed by atoms with Crippen molar-refractivity contribution < 1.29 is 4.74 Å². The lowest BCUT2D eigenvalue weighted by atomic mass is 9.92. The minimum Gasteiger partial charge on any atom is -0.378 e. The predicted octanol–water partition coefficient (Wildman–Crippen LogP) is 2.12. The molecule has 2 fully saturated rings. The summed E-state index contributed by atoms with van der Waals surface area (Å²) in [4.78, 5) is 2.61. The van der Waals surface area contributed by atoms with Crippen LogP contribution in [0.4, 0.5) is 0 Å². The summed E-state index contributed by atoms with van der Waals surface area (Å²) in [7, 11) is 2.31. The van der Waals surface area contributed by atoms with Crippen molar-refractivity contribution in [3.8, 4) is 0 Å². The van der Waals surface area contributed by atoms with Crippen LogP contribution in [0.3, 0.4) is 0 Å². The number of hydrogen-bond donors (Lipinski definition) is 1. The van der Waals surface area contributed by atoms with E-state index in [2.05, 4.69) is 31.1 Å². The Morgan fingerprint density at radius 3 is 2.61 bits per heavy atom. The lowest BCUT2D eigenvalue weighted by Gasteiger charge is -2.39. The van der Waals surface area contributed by atoms with Crippen molar-refractivity contribution >= 4 is 0 Å². The molecule has 2 unspecified atom stereocenters. The summed E-state index contributed by atoms with van der Waals surface area (Å²) in [6.07, 6.45) is 5.60. The van der Waals surface area contributed by atoms with E-state index in [-0.39, 0.29) is 0 Å². The molecule has 0 amide bonds. The van der Waals surface area contributed by atoms with Crippen LogP contribution in [0, 0.1) is 11.8 Å². The SMILES string of the molecule is CC(C)C1CC(N(C)CC2CCNCC2)CCO1. The molecular weight excluding hydrogens is 224 g/mol. The van der Waals surface area contributed by atoms with E-state index >= 15 is 0 Å². The summed E-state index contributed by atoms with van der Waals surface area (Å²) in [5.74, 6) is 1.55. The van der Waals surface area contributed by atoms with Gasteiger partial charge in [0.25, 0.3) is 0 Å². The molecule has 2 atom stereocenters. The first-order valence-electron chi connectivity index (χ1n) is 7.69. The Labute approximate surface area is 112 Å². The third-order valence-electron chi connectivity index (χ3n) is 4.66. The van der Waals surface area contributed by atoms with Gasteiger partial charge in [-0.1, -0.05) is 13.8 Å². The number of nitrogens with one attached hydrogen (secondary N) is 1. The van der Waals surface area contributed by atoms with Gasteiger partial charge in [0.2, 0.25) is 0 Å². The second-order valence-electron chi connectivity index (χ2n) is 6.46. The highest BCUT2D eigenvalue weighted by atomic mass is 16.5. The van der Waals surface area contributed by atoms with Gasteiger partial charge in [0.05, 0.1) is 6.10 Å². The Hall–Kier alpha value is -0.120. The highest BCUT2D eigenvalue weighted by Crippen LogP contribution is 2.24. The molecule has 2 rings (SSSR count). The molecule has 18 heavy (non-hydrogen) atoms. The predicted molar refractivity (Wildman–Crippen MR) is 75.8 cm³/mol. The molecule has 3 heteroatoms. The molecule has 0 radical (unpaired) electrons. The Kier molecular flexibility index (Phi) is 5.46. The first-order chi connectivity index (χ1) is 8.66. The molecule has 0 saturated carbocycles. The first kappa shape index (κ1) is 14.3. The lowest BCUT2D eigenvalue weighted by molar-refractivity contribution is -0.0465. The minimum atomic E-state index is 0.472. The summed E-state index contributed by atoms with van der Waals surface area (Å²) in [5.41, 5.74) is 0. The fraction of sp³-hybridized carbons (Fsp3) is 1.00. The minimum absolute atomic E-state index is 0.472. The third kappa shape index (κ3) is 3.94. The average molecular weight is 254 g/mol. The zero-order valence-corrected chi connectivity index (χ0v) is 12.3. The van der Waals surface area contributed by atoms with Gasteiger partial charge in [-0.2, -0.15) is 0 Å². The summed E-state index contributed by atoms with van der Waals surface area (Å²) in [6.45, 7) is 9.20. The first-order valence-corrected chi connectivity index (χ1v) is 7.69. The van der Waals surface area contributed by atoms with Gasteiger partial charge in [0, 0.05) is 19.2 Å². The van der Waals surface area contributed by atoms with Crippen LogP contribution >= 0.6 is 0 Å². The molecule has 2 saturated heterocycles. The fourth-order valence-corrected chi connectivity index (χ4v) is 3.30. The summed E-state index contributed by atoms with van der Waals surface area (Å²) >= 11 is 0. The maximum atomic E-state index is 5.87. The highest BCUT2D eigenvalue weighted by Gasteiger charge is 2.28. The van der Waals surface area contributed by atoms with E-state index < -0.39 is 0 Å². The van der Waals surface area contributed by atoms with Crippen molar-refractivity contribution in [3.63, 3.8) is 0 Å². The van der Waals surface area contributed by atoms with E-state index in [1.54, 1.807) is 0 Å². The van der Waals surface area contributed by atoms with Gasteiger partial charge >= 0.3 is 0 Å². The van der Waals surface area contributed by atoms with Gasteiger partial charge in [-0.3, -0.25) is 0 Å². The number of rotatable bonds is 4. The van der Waals surface area contributed by atoms with Crippen molar-refractivity contribution in [1.29, 1.82) is 0 Å². The van der Waals surface area contributed by atoms with Crippen molar-refractivity contribution in [2.45, 2.75) is 51.7 Å². The van der Waals surface area contributed by atoms with Crippen molar-refractivity contribution in [2.24, 2.45) is 11.8 Å². The molecule has 0 aromatic carbocycles.